The number of nitrogens with zero attached hydrogens (tertiary/aromatic N) is 1. The molecular weight excluding hydrogens is 362 g/mol. The lowest BCUT2D eigenvalue weighted by atomic mass is 10.0. The Kier molecular flexibility index (Phi) is 5.32. The van der Waals surface area contributed by atoms with Crippen molar-refractivity contribution in [3.63, 3.8) is 0 Å². The number of nitrogens with one attached hydrogen (secondary N) is 2. The van der Waals surface area contributed by atoms with Gasteiger partial charge in [0.15, 0.2) is 0 Å². The maximum Gasteiger partial charge on any atom is 0.286 e. The second kappa shape index (κ2) is 7.52. The van der Waals surface area contributed by atoms with Crippen LogP contribution in [0.4, 0.5) is 11.4 Å². The average molecular weight is 385 g/mol. The van der Waals surface area contributed by atoms with E-state index in [4.69, 9.17) is 0 Å². The van der Waals surface area contributed by atoms with Gasteiger partial charge in [0.2, 0.25) is 5.91 Å². The van der Waals surface area contributed by atoms with Crippen LogP contribution in [0.1, 0.15) is 30.9 Å². The summed E-state index contributed by atoms with van der Waals surface area (Å²) in [5.41, 5.74) is 3.57. The number of anilines is 2. The Bertz CT molecular complexity index is 1010. The Hall–Kier alpha value is -2.67. The predicted octanol–water partition coefficient (Wildman–Crippen LogP) is 3.87. The summed E-state index contributed by atoms with van der Waals surface area (Å²) in [5, 5.41) is 5.95. The van der Waals surface area contributed by atoms with Gasteiger partial charge in [-0.15, -0.1) is 4.40 Å². The van der Waals surface area contributed by atoms with Crippen LogP contribution in [0.2, 0.25) is 0 Å². The molecule has 1 aliphatic heterocycles. The van der Waals surface area contributed by atoms with E-state index in [-0.39, 0.29) is 23.1 Å². The van der Waals surface area contributed by atoms with E-state index in [1.54, 1.807) is 18.2 Å². The van der Waals surface area contributed by atoms with Crippen molar-refractivity contribution < 1.29 is 13.2 Å². The molecule has 0 fully saturated rings. The molecular formula is C20H23N3O3S. The lowest BCUT2D eigenvalue weighted by molar-refractivity contribution is -0.116. The molecule has 1 amide bonds. The van der Waals surface area contributed by atoms with Crippen molar-refractivity contribution >= 4 is 33.1 Å². The third kappa shape index (κ3) is 4.54. The molecule has 0 unspecified atom stereocenters. The van der Waals surface area contributed by atoms with Crippen LogP contribution in [0, 0.1) is 19.8 Å². The number of amides is 1. The highest BCUT2D eigenvalue weighted by Gasteiger charge is 2.25. The molecule has 1 aliphatic rings. The zero-order valence-electron chi connectivity index (χ0n) is 15.6. The molecule has 0 aliphatic carbocycles. The molecule has 7 heteroatoms. The van der Waals surface area contributed by atoms with Crippen molar-refractivity contribution in [2.75, 3.05) is 10.6 Å². The molecule has 6 nitrogen and oxygen atoms in total. The maximum absolute atomic E-state index is 12.3. The second-order valence-corrected chi connectivity index (χ2v) is 8.57. The molecule has 0 saturated carbocycles. The van der Waals surface area contributed by atoms with Gasteiger partial charge in [-0.1, -0.05) is 25.1 Å². The van der Waals surface area contributed by atoms with Gasteiger partial charge < -0.3 is 10.6 Å². The third-order valence-corrected chi connectivity index (χ3v) is 5.91. The van der Waals surface area contributed by atoms with Gasteiger partial charge in [0, 0.05) is 18.5 Å². The lowest BCUT2D eigenvalue weighted by Gasteiger charge is -2.20. The molecule has 1 heterocycles. The van der Waals surface area contributed by atoms with Gasteiger partial charge in [0.05, 0.1) is 5.69 Å². The number of benzene rings is 2. The normalized spacial score (nSPS) is 15.9. The molecule has 0 bridgehead atoms. The summed E-state index contributed by atoms with van der Waals surface area (Å²) >= 11 is 0. The molecule has 142 valence electrons. The number of rotatable bonds is 5. The standard InChI is InChI=1S/C20H23N3O3S/c1-13(11-20(24)21-16-9-8-14(2)15(3)12-16)10-19-22-17-6-4-5-7-18(17)27(25,26)23-19/h4-9,12-13H,10-11H2,1-3H3,(H,21,24)(H,22,23)/t13-/m1/s1. The van der Waals surface area contributed by atoms with Crippen LogP contribution in [-0.4, -0.2) is 20.2 Å². The van der Waals surface area contributed by atoms with Crippen LogP contribution >= 0.6 is 0 Å². The number of hydrogen-bond donors (Lipinski definition) is 2. The largest absolute Gasteiger partial charge is 0.342 e. The van der Waals surface area contributed by atoms with E-state index < -0.39 is 10.0 Å². The zero-order valence-corrected chi connectivity index (χ0v) is 16.4. The monoisotopic (exact) mass is 385 g/mol. The first-order valence-electron chi connectivity index (χ1n) is 8.81. The molecule has 2 N–H and O–H groups in total. The second-order valence-electron chi connectivity index (χ2n) is 6.99. The SMILES string of the molecule is Cc1ccc(NC(=O)C[C@H](C)CC2=NS(=O)(=O)c3ccccc3N2)cc1C. The summed E-state index contributed by atoms with van der Waals surface area (Å²) in [6.07, 6.45) is 0.642. The van der Waals surface area contributed by atoms with Crippen LogP contribution in [-0.2, 0) is 14.8 Å². The van der Waals surface area contributed by atoms with Crippen LogP contribution in [0.15, 0.2) is 51.8 Å². The zero-order chi connectivity index (χ0) is 19.6. The summed E-state index contributed by atoms with van der Waals surface area (Å²) in [7, 11) is -3.70. The minimum absolute atomic E-state index is 0.0664. The molecule has 0 radical (unpaired) electrons. The average Bonchev–Trinajstić information content (AvgIpc) is 2.57. The number of amidine groups is 1. The molecule has 1 atom stereocenters. The van der Waals surface area contributed by atoms with Crippen molar-refractivity contribution in [3.05, 3.63) is 53.6 Å². The molecule has 27 heavy (non-hydrogen) atoms. The quantitative estimate of drug-likeness (QED) is 0.818. The molecule has 3 rings (SSSR count). The van der Waals surface area contributed by atoms with Gasteiger partial charge in [-0.2, -0.15) is 8.42 Å². The maximum atomic E-state index is 12.3. The number of para-hydroxylation sites is 1. The fourth-order valence-electron chi connectivity index (χ4n) is 3.01. The Labute approximate surface area is 159 Å². The van der Waals surface area contributed by atoms with Gasteiger partial charge in [0.1, 0.15) is 10.7 Å². The Morgan fingerprint density at radius 2 is 1.89 bits per heavy atom. The number of sulfonamides is 1. The van der Waals surface area contributed by atoms with Crippen LogP contribution in [0.25, 0.3) is 0 Å². The van der Waals surface area contributed by atoms with Crippen LogP contribution in [0.3, 0.4) is 0 Å². The van der Waals surface area contributed by atoms with Crippen molar-refractivity contribution in [1.29, 1.82) is 0 Å². The summed E-state index contributed by atoms with van der Waals surface area (Å²) in [4.78, 5) is 12.5. The smallest absolute Gasteiger partial charge is 0.286 e. The van der Waals surface area contributed by atoms with E-state index in [1.807, 2.05) is 39.0 Å². The Morgan fingerprint density at radius 1 is 1.15 bits per heavy atom. The number of aryl methyl sites for hydroxylation is 2. The van der Waals surface area contributed by atoms with Crippen molar-refractivity contribution in [1.82, 2.24) is 0 Å². The van der Waals surface area contributed by atoms with Gasteiger partial charge in [0.25, 0.3) is 10.0 Å². The lowest BCUT2D eigenvalue weighted by Crippen LogP contribution is -2.25. The highest BCUT2D eigenvalue weighted by molar-refractivity contribution is 7.90. The summed E-state index contributed by atoms with van der Waals surface area (Å²) < 4.78 is 28.4. The topological polar surface area (TPSA) is 87.6 Å². The first-order valence-corrected chi connectivity index (χ1v) is 10.3. The summed E-state index contributed by atoms with van der Waals surface area (Å²) in [6.45, 7) is 5.92. The number of carbonyl (C=O) groups excluding carboxylic acids is 1. The van der Waals surface area contributed by atoms with E-state index >= 15 is 0 Å². The van der Waals surface area contributed by atoms with E-state index in [9.17, 15) is 13.2 Å². The van der Waals surface area contributed by atoms with Crippen molar-refractivity contribution in [2.45, 2.75) is 38.5 Å². The number of carbonyl (C=O) groups is 1. The summed E-state index contributed by atoms with van der Waals surface area (Å²) in [5.74, 6) is 0.189. The van der Waals surface area contributed by atoms with Crippen LogP contribution in [0.5, 0.6) is 0 Å². The van der Waals surface area contributed by atoms with E-state index in [0.29, 0.717) is 17.9 Å². The highest BCUT2D eigenvalue weighted by Crippen LogP contribution is 2.28. The van der Waals surface area contributed by atoms with Gasteiger partial charge in [-0.05, 0) is 55.2 Å². The summed E-state index contributed by atoms with van der Waals surface area (Å²) in [6, 6.07) is 12.5. The fraction of sp³-hybridized carbons (Fsp3) is 0.300. The van der Waals surface area contributed by atoms with Crippen molar-refractivity contribution in [2.24, 2.45) is 10.3 Å². The van der Waals surface area contributed by atoms with Crippen molar-refractivity contribution in [3.8, 4) is 0 Å². The van der Waals surface area contributed by atoms with E-state index in [2.05, 4.69) is 15.0 Å². The third-order valence-electron chi connectivity index (χ3n) is 4.54. The molecule has 2 aromatic carbocycles. The minimum Gasteiger partial charge on any atom is -0.342 e. The van der Waals surface area contributed by atoms with Gasteiger partial charge in [-0.25, -0.2) is 0 Å². The number of fused-ring (bicyclic) bond motifs is 1. The van der Waals surface area contributed by atoms with E-state index in [1.165, 1.54) is 11.6 Å². The molecule has 0 saturated heterocycles. The first-order chi connectivity index (χ1) is 12.7. The fourth-order valence-corrected chi connectivity index (χ4v) is 4.16. The molecule has 2 aromatic rings. The molecule has 0 aromatic heterocycles. The minimum atomic E-state index is -3.70. The van der Waals surface area contributed by atoms with Gasteiger partial charge >= 0.3 is 0 Å². The predicted molar refractivity (Wildman–Crippen MR) is 108 cm³/mol. The Morgan fingerprint density at radius 3 is 2.63 bits per heavy atom. The van der Waals surface area contributed by atoms with E-state index in [0.717, 1.165) is 11.3 Å². The van der Waals surface area contributed by atoms with Crippen LogP contribution < -0.4 is 10.6 Å². The molecule has 0 spiro atoms. The first kappa shape index (κ1) is 19.1. The number of hydrogen-bond acceptors (Lipinski definition) is 4. The Balaban J connectivity index is 1.62. The highest BCUT2D eigenvalue weighted by atomic mass is 32.2. The van der Waals surface area contributed by atoms with Gasteiger partial charge in [-0.3, -0.25) is 4.79 Å².